The number of hydrogen-bond donors (Lipinski definition) is 3. The van der Waals surface area contributed by atoms with Crippen LogP contribution in [0.25, 0.3) is 0 Å². The number of rotatable bonds is 9. The van der Waals surface area contributed by atoms with Crippen molar-refractivity contribution in [2.75, 3.05) is 12.0 Å². The molecule has 4 amide bonds. The number of allylic oxidation sites excluding steroid dienone is 3. The minimum absolute atomic E-state index is 0.0685. The second-order valence-electron chi connectivity index (χ2n) is 15.0. The summed E-state index contributed by atoms with van der Waals surface area (Å²) >= 11 is 12.6. The minimum atomic E-state index is -4.76. The standard InChI is InChI=1S/C43H35Cl2F3N4O6/c1-2-4-23-5-3-6-30(36(23)54)35-28-15-16-29-34(40(57)51(38(29)55)18-17-22-7-13-27(53)14-8-22)31(28)20-32-39(56)52(41(58)42(32,35)24-9-11-26(44)12-10-24)50-37-33(45)19-25(21-49-37)43(46,47)48/h2-3,5-15,19,21,29,31-32,34-35,53-54H,1,4,16-18,20H2,(H,49,50)/t29-,31+,32-,34-,35+,42+/m0/s1. The van der Waals surface area contributed by atoms with E-state index in [1.807, 2.05) is 6.08 Å². The topological polar surface area (TPSA) is 140 Å². The number of phenolic OH excluding ortho intramolecular Hbond substituents is 2. The van der Waals surface area contributed by atoms with E-state index in [9.17, 15) is 37.8 Å². The fourth-order valence-corrected chi connectivity index (χ4v) is 9.82. The number of hydrogen-bond acceptors (Lipinski definition) is 8. The van der Waals surface area contributed by atoms with Gasteiger partial charge in [0.15, 0.2) is 5.82 Å². The van der Waals surface area contributed by atoms with Crippen LogP contribution in [0.3, 0.4) is 0 Å². The van der Waals surface area contributed by atoms with Gasteiger partial charge in [-0.1, -0.05) is 83.4 Å². The molecule has 1 aromatic heterocycles. The lowest BCUT2D eigenvalue weighted by molar-refractivity contribution is -0.141. The molecule has 4 aliphatic rings. The van der Waals surface area contributed by atoms with Gasteiger partial charge in [0.25, 0.3) is 11.8 Å². The van der Waals surface area contributed by atoms with E-state index in [-0.39, 0.29) is 49.0 Å². The summed E-state index contributed by atoms with van der Waals surface area (Å²) in [6.07, 6.45) is -0.0955. The van der Waals surface area contributed by atoms with Gasteiger partial charge in [0.2, 0.25) is 11.8 Å². The van der Waals surface area contributed by atoms with Crippen LogP contribution in [-0.4, -0.2) is 55.3 Å². The molecule has 10 nitrogen and oxygen atoms in total. The summed E-state index contributed by atoms with van der Waals surface area (Å²) in [4.78, 5) is 63.9. The first-order valence-corrected chi connectivity index (χ1v) is 19.3. The molecule has 3 heterocycles. The van der Waals surface area contributed by atoms with Gasteiger partial charge in [-0.15, -0.1) is 6.58 Å². The van der Waals surface area contributed by atoms with Crippen molar-refractivity contribution in [1.29, 1.82) is 0 Å². The molecule has 8 rings (SSSR count). The van der Waals surface area contributed by atoms with Gasteiger partial charge >= 0.3 is 6.18 Å². The number of para-hydroxylation sites is 1. The van der Waals surface area contributed by atoms with Gasteiger partial charge < -0.3 is 10.2 Å². The molecule has 0 unspecified atom stereocenters. The number of likely N-dealkylation sites (tertiary alicyclic amines) is 1. The van der Waals surface area contributed by atoms with Crippen molar-refractivity contribution >= 4 is 52.6 Å². The van der Waals surface area contributed by atoms with E-state index < -0.39 is 69.5 Å². The second-order valence-corrected chi connectivity index (χ2v) is 15.9. The number of phenols is 2. The molecule has 1 saturated carbocycles. The van der Waals surface area contributed by atoms with Gasteiger partial charge in [-0.2, -0.15) is 18.2 Å². The number of anilines is 1. The van der Waals surface area contributed by atoms with Crippen LogP contribution in [0.15, 0.2) is 103 Å². The molecule has 4 aromatic rings. The molecule has 3 fully saturated rings. The van der Waals surface area contributed by atoms with Gasteiger partial charge in [-0.25, -0.2) is 4.98 Å². The quantitative estimate of drug-likeness (QED) is 0.115. The van der Waals surface area contributed by atoms with Crippen molar-refractivity contribution < 1.29 is 42.6 Å². The van der Waals surface area contributed by atoms with Crippen molar-refractivity contribution in [3.8, 4) is 11.5 Å². The Bertz CT molecular complexity index is 2410. The number of aromatic hydroxyl groups is 2. The van der Waals surface area contributed by atoms with E-state index in [1.165, 1.54) is 17.0 Å². The molecule has 2 aliphatic heterocycles. The summed E-state index contributed by atoms with van der Waals surface area (Å²) < 4.78 is 40.6. The van der Waals surface area contributed by atoms with Crippen LogP contribution >= 0.6 is 23.2 Å². The average molecular weight is 832 g/mol. The van der Waals surface area contributed by atoms with Crippen molar-refractivity contribution in [3.05, 3.63) is 141 Å². The average Bonchev–Trinajstić information content (AvgIpc) is 3.56. The van der Waals surface area contributed by atoms with E-state index in [0.29, 0.717) is 51.0 Å². The van der Waals surface area contributed by atoms with Crippen LogP contribution in [0.2, 0.25) is 10.0 Å². The maximum Gasteiger partial charge on any atom is 0.417 e. The van der Waals surface area contributed by atoms with Crippen molar-refractivity contribution in [3.63, 3.8) is 0 Å². The Morgan fingerprint density at radius 1 is 0.948 bits per heavy atom. The summed E-state index contributed by atoms with van der Waals surface area (Å²) in [5, 5.41) is 22.3. The number of aromatic nitrogens is 1. The predicted octanol–water partition coefficient (Wildman–Crippen LogP) is 7.77. The van der Waals surface area contributed by atoms with Gasteiger partial charge in [0.1, 0.15) is 11.5 Å². The SMILES string of the molecule is C=CCc1cccc([C@H]2C3=CC[C@@H]4C(=O)N(CCc5ccc(O)cc5)C(=O)[C@@H]4[C@@H]3C[C@H]3C(=O)N(Nc4ncc(C(F)(F)F)cc4Cl)C(=O)[C@@]23c2ccc(Cl)cc2)c1O. The van der Waals surface area contributed by atoms with Crippen LogP contribution in [0.4, 0.5) is 19.0 Å². The summed E-state index contributed by atoms with van der Waals surface area (Å²) in [6.45, 7) is 3.89. The Morgan fingerprint density at radius 3 is 2.34 bits per heavy atom. The first-order valence-electron chi connectivity index (χ1n) is 18.5. The number of carbonyl (C=O) groups excluding carboxylic acids is 4. The van der Waals surface area contributed by atoms with E-state index >= 15 is 4.79 Å². The number of amides is 4. The molecule has 3 N–H and O–H groups in total. The highest BCUT2D eigenvalue weighted by molar-refractivity contribution is 6.33. The van der Waals surface area contributed by atoms with E-state index in [1.54, 1.807) is 60.7 Å². The highest BCUT2D eigenvalue weighted by Crippen LogP contribution is 2.65. The van der Waals surface area contributed by atoms with E-state index in [0.717, 1.165) is 5.56 Å². The van der Waals surface area contributed by atoms with Crippen molar-refractivity contribution in [2.45, 2.75) is 43.2 Å². The first-order chi connectivity index (χ1) is 27.7. The summed E-state index contributed by atoms with van der Waals surface area (Å²) in [6, 6.07) is 18.5. The highest BCUT2D eigenvalue weighted by atomic mass is 35.5. The summed E-state index contributed by atoms with van der Waals surface area (Å²) in [5.74, 6) is -7.50. The number of pyridine rings is 1. The molecule has 58 heavy (non-hydrogen) atoms. The smallest absolute Gasteiger partial charge is 0.417 e. The Labute approximate surface area is 340 Å². The lowest BCUT2D eigenvalue weighted by Crippen LogP contribution is -2.53. The molecule has 0 radical (unpaired) electrons. The molecule has 2 aliphatic carbocycles. The molecule has 3 aromatic carbocycles. The zero-order valence-corrected chi connectivity index (χ0v) is 32.1. The fourth-order valence-electron chi connectivity index (χ4n) is 9.48. The number of nitrogens with zero attached hydrogens (tertiary/aromatic N) is 3. The van der Waals surface area contributed by atoms with E-state index in [4.69, 9.17) is 23.2 Å². The second kappa shape index (κ2) is 14.6. The molecule has 0 spiro atoms. The number of halogens is 5. The van der Waals surface area contributed by atoms with Crippen molar-refractivity contribution in [1.82, 2.24) is 14.9 Å². The Morgan fingerprint density at radius 2 is 1.67 bits per heavy atom. The van der Waals surface area contributed by atoms with Crippen LogP contribution in [0.1, 0.15) is 46.6 Å². The van der Waals surface area contributed by atoms with Crippen LogP contribution in [0, 0.1) is 23.7 Å². The van der Waals surface area contributed by atoms with Gasteiger partial charge in [-0.05, 0) is 78.6 Å². The van der Waals surface area contributed by atoms with Crippen molar-refractivity contribution in [2.24, 2.45) is 23.7 Å². The largest absolute Gasteiger partial charge is 0.508 e. The molecular weight excluding hydrogens is 796 g/mol. The zero-order chi connectivity index (χ0) is 41.3. The maximum absolute atomic E-state index is 15.4. The normalized spacial score (nSPS) is 25.3. The van der Waals surface area contributed by atoms with E-state index in [2.05, 4.69) is 17.0 Å². The van der Waals surface area contributed by atoms with Gasteiger partial charge in [-0.3, -0.25) is 29.5 Å². The molecule has 298 valence electrons. The zero-order valence-electron chi connectivity index (χ0n) is 30.5. The summed E-state index contributed by atoms with van der Waals surface area (Å²) in [7, 11) is 0. The summed E-state index contributed by atoms with van der Waals surface area (Å²) in [5.41, 5.74) is 2.21. The molecular formula is C43H35Cl2F3N4O6. The first kappa shape index (κ1) is 39.2. The molecule has 2 saturated heterocycles. The Kier molecular flexibility index (Phi) is 9.87. The number of carbonyl (C=O) groups is 4. The third kappa shape index (κ3) is 6.22. The van der Waals surface area contributed by atoms with Crippen LogP contribution in [0.5, 0.6) is 11.5 Å². The third-order valence-corrected chi connectivity index (χ3v) is 12.6. The molecule has 0 bridgehead atoms. The van der Waals surface area contributed by atoms with Gasteiger partial charge in [0.05, 0.1) is 33.8 Å². The number of alkyl halides is 3. The molecule has 6 atom stereocenters. The third-order valence-electron chi connectivity index (χ3n) is 12.0. The maximum atomic E-state index is 15.4. The number of benzene rings is 3. The molecule has 15 heteroatoms. The number of fused-ring (bicyclic) bond motifs is 4. The monoisotopic (exact) mass is 830 g/mol. The highest BCUT2D eigenvalue weighted by Gasteiger charge is 2.70. The lowest BCUT2D eigenvalue weighted by atomic mass is 9.49. The van der Waals surface area contributed by atoms with Crippen LogP contribution < -0.4 is 5.43 Å². The Hall–Kier alpha value is -5.66. The number of nitrogens with one attached hydrogen (secondary N) is 1. The Balaban J connectivity index is 1.28. The minimum Gasteiger partial charge on any atom is -0.508 e. The predicted molar refractivity (Wildman–Crippen MR) is 207 cm³/mol. The van der Waals surface area contributed by atoms with Crippen LogP contribution in [-0.2, 0) is 43.6 Å². The van der Waals surface area contributed by atoms with Gasteiger partial charge in [0, 0.05) is 29.2 Å². The lowest BCUT2D eigenvalue weighted by Gasteiger charge is -2.50. The fraction of sp³-hybridized carbons (Fsp3) is 0.279. The number of imide groups is 2. The number of hydrazine groups is 1.